The molecule has 192 valence electrons. The monoisotopic (exact) mass is 525 g/mol. The molecule has 2 aromatic rings. The van der Waals surface area contributed by atoms with Crippen molar-refractivity contribution in [2.75, 3.05) is 20.8 Å². The second-order valence-corrected chi connectivity index (χ2v) is 8.02. The summed E-state index contributed by atoms with van der Waals surface area (Å²) in [6, 6.07) is 13.9. The third-order valence-corrected chi connectivity index (χ3v) is 5.79. The van der Waals surface area contributed by atoms with Crippen molar-refractivity contribution < 1.29 is 19.2 Å². The molecule has 1 aliphatic rings. The van der Waals surface area contributed by atoms with Gasteiger partial charge in [0, 0.05) is 30.1 Å². The minimum Gasteiger partial charge on any atom is -0.496 e. The molecule has 0 radical (unpaired) electrons. The van der Waals surface area contributed by atoms with Gasteiger partial charge >= 0.3 is 0 Å². The average molecular weight is 526 g/mol. The van der Waals surface area contributed by atoms with Crippen LogP contribution >= 0.6 is 24.8 Å². The molecule has 3 atom stereocenters. The fraction of sp³-hybridized carbons (Fsp3) is 0.375. The van der Waals surface area contributed by atoms with E-state index in [4.69, 9.17) is 20.7 Å². The predicted molar refractivity (Wildman–Crippen MR) is 139 cm³/mol. The third-order valence-electron chi connectivity index (χ3n) is 5.79. The summed E-state index contributed by atoms with van der Waals surface area (Å²) >= 11 is 0. The molecule has 0 aliphatic carbocycles. The normalized spacial score (nSPS) is 17.4. The van der Waals surface area contributed by atoms with Gasteiger partial charge < -0.3 is 25.9 Å². The fourth-order valence-electron chi connectivity index (χ4n) is 3.99. The molecule has 1 aliphatic heterocycles. The van der Waals surface area contributed by atoms with E-state index in [0.29, 0.717) is 30.7 Å². The summed E-state index contributed by atoms with van der Waals surface area (Å²) < 4.78 is 5.36. The zero-order chi connectivity index (χ0) is 23.8. The minimum atomic E-state index is -0.491. The number of benzene rings is 2. The molecule has 0 spiro atoms. The van der Waals surface area contributed by atoms with Crippen molar-refractivity contribution in [1.29, 1.82) is 5.41 Å². The van der Waals surface area contributed by atoms with Crippen LogP contribution in [-0.2, 0) is 27.4 Å². The van der Waals surface area contributed by atoms with E-state index in [9.17, 15) is 9.59 Å². The average Bonchev–Trinajstić information content (AvgIpc) is 3.32. The Bertz CT molecular complexity index is 993. The van der Waals surface area contributed by atoms with Crippen LogP contribution in [0.15, 0.2) is 48.5 Å². The number of halogens is 2. The molecule has 0 aromatic heterocycles. The first-order valence-electron chi connectivity index (χ1n) is 10.8. The summed E-state index contributed by atoms with van der Waals surface area (Å²) in [7, 11) is 3.02. The van der Waals surface area contributed by atoms with E-state index in [2.05, 4.69) is 16.1 Å². The van der Waals surface area contributed by atoms with Crippen LogP contribution in [0.4, 0.5) is 0 Å². The SMILES string of the molecule is CONC(Cc1ccccc1)C(=O)C1CN[C@@H](C(=O)NCc2ccc(C(=N)N)cc2OC)C1.Cl.Cl. The van der Waals surface area contributed by atoms with Crippen LogP contribution in [0.1, 0.15) is 23.1 Å². The number of rotatable bonds is 11. The fourth-order valence-corrected chi connectivity index (χ4v) is 3.99. The summed E-state index contributed by atoms with van der Waals surface area (Å²) in [4.78, 5) is 30.9. The largest absolute Gasteiger partial charge is 0.496 e. The smallest absolute Gasteiger partial charge is 0.237 e. The second-order valence-electron chi connectivity index (χ2n) is 8.02. The van der Waals surface area contributed by atoms with Gasteiger partial charge in [0.05, 0.1) is 26.3 Å². The van der Waals surface area contributed by atoms with Crippen LogP contribution < -0.4 is 26.6 Å². The van der Waals surface area contributed by atoms with Crippen LogP contribution in [0.5, 0.6) is 5.75 Å². The lowest BCUT2D eigenvalue weighted by atomic mass is 9.92. The number of hydrogen-bond acceptors (Lipinski definition) is 7. The summed E-state index contributed by atoms with van der Waals surface area (Å²) in [5, 5.41) is 13.6. The van der Waals surface area contributed by atoms with Gasteiger partial charge in [-0.15, -0.1) is 24.8 Å². The number of methoxy groups -OCH3 is 1. The van der Waals surface area contributed by atoms with Gasteiger partial charge in [0.25, 0.3) is 0 Å². The molecule has 1 saturated heterocycles. The Balaban J connectivity index is 0.00000306. The first kappa shape index (κ1) is 30.3. The van der Waals surface area contributed by atoms with Gasteiger partial charge in [-0.05, 0) is 24.5 Å². The quantitative estimate of drug-likeness (QED) is 0.171. The zero-order valence-electron chi connectivity index (χ0n) is 19.7. The summed E-state index contributed by atoms with van der Waals surface area (Å²) in [5.74, 6) is 0.0434. The Morgan fingerprint density at radius 2 is 1.89 bits per heavy atom. The Hall–Kier alpha value is -2.69. The molecule has 35 heavy (non-hydrogen) atoms. The predicted octanol–water partition coefficient (Wildman–Crippen LogP) is 1.75. The molecule has 2 unspecified atom stereocenters. The lowest BCUT2D eigenvalue weighted by Gasteiger charge is -2.19. The van der Waals surface area contributed by atoms with Crippen molar-refractivity contribution in [1.82, 2.24) is 16.1 Å². The third kappa shape index (κ3) is 8.19. The van der Waals surface area contributed by atoms with Crippen molar-refractivity contribution in [2.45, 2.75) is 31.5 Å². The minimum absolute atomic E-state index is 0. The second kappa shape index (κ2) is 14.7. The van der Waals surface area contributed by atoms with Crippen molar-refractivity contribution in [2.24, 2.45) is 11.7 Å². The van der Waals surface area contributed by atoms with Gasteiger partial charge in [-0.2, -0.15) is 5.48 Å². The number of hydroxylamine groups is 1. The lowest BCUT2D eigenvalue weighted by molar-refractivity contribution is -0.128. The van der Waals surface area contributed by atoms with Gasteiger partial charge in [-0.25, -0.2) is 0 Å². The van der Waals surface area contributed by atoms with Gasteiger partial charge in [-0.1, -0.05) is 42.5 Å². The maximum absolute atomic E-state index is 13.1. The summed E-state index contributed by atoms with van der Waals surface area (Å²) in [6.07, 6.45) is 0.929. The van der Waals surface area contributed by atoms with E-state index in [0.717, 1.165) is 11.1 Å². The molecule has 6 N–H and O–H groups in total. The summed E-state index contributed by atoms with van der Waals surface area (Å²) in [5.41, 5.74) is 10.7. The number of Topliss-reactive ketones (excluding diaryl/α,β-unsaturated/α-hetero) is 1. The molecular weight excluding hydrogens is 493 g/mol. The first-order valence-corrected chi connectivity index (χ1v) is 10.8. The highest BCUT2D eigenvalue weighted by Gasteiger charge is 2.36. The van der Waals surface area contributed by atoms with E-state index in [1.165, 1.54) is 14.2 Å². The number of amides is 1. The Kier molecular flexibility index (Phi) is 12.7. The molecule has 1 fully saturated rings. The maximum Gasteiger partial charge on any atom is 0.237 e. The number of carbonyl (C=O) groups excluding carboxylic acids is 2. The number of nitrogen functional groups attached to an aromatic ring is 1. The van der Waals surface area contributed by atoms with Crippen molar-refractivity contribution in [3.8, 4) is 5.75 Å². The van der Waals surface area contributed by atoms with Crippen LogP contribution in [0.3, 0.4) is 0 Å². The van der Waals surface area contributed by atoms with Gasteiger partial charge in [0.2, 0.25) is 5.91 Å². The molecule has 1 heterocycles. The molecule has 9 nitrogen and oxygen atoms in total. The standard InChI is InChI=1S/C24H31N5O4.2ClH/c1-32-21-12-16(23(25)26)8-9-17(21)13-28-24(31)20-11-18(14-27-20)22(30)19(29-33-2)10-15-6-4-3-5-7-15;;/h3-9,12,18-20,27,29H,10-11,13-14H2,1-2H3,(H3,25,26)(H,28,31);2*1H/t18?,19?,20-;;/m1../s1. The van der Waals surface area contributed by atoms with E-state index in [1.807, 2.05) is 30.3 Å². The van der Waals surface area contributed by atoms with Crippen molar-refractivity contribution >= 4 is 42.3 Å². The maximum atomic E-state index is 13.1. The number of ketones is 1. The Morgan fingerprint density at radius 3 is 2.51 bits per heavy atom. The van der Waals surface area contributed by atoms with E-state index < -0.39 is 12.1 Å². The molecular formula is C24H33Cl2N5O4. The number of carbonyl (C=O) groups is 2. The Labute approximate surface area is 217 Å². The van der Waals surface area contributed by atoms with Gasteiger partial charge in [-0.3, -0.25) is 15.0 Å². The number of hydrogen-bond donors (Lipinski definition) is 5. The van der Waals surface area contributed by atoms with Crippen LogP contribution in [0.2, 0.25) is 0 Å². The Morgan fingerprint density at radius 1 is 1.17 bits per heavy atom. The topological polar surface area (TPSA) is 139 Å². The molecule has 2 aromatic carbocycles. The number of amidine groups is 1. The molecule has 11 heteroatoms. The highest BCUT2D eigenvalue weighted by atomic mass is 35.5. The van der Waals surface area contributed by atoms with Gasteiger partial charge in [0.1, 0.15) is 11.6 Å². The van der Waals surface area contributed by atoms with Crippen LogP contribution in [0.25, 0.3) is 0 Å². The van der Waals surface area contributed by atoms with E-state index in [1.54, 1.807) is 18.2 Å². The van der Waals surface area contributed by atoms with Crippen molar-refractivity contribution in [3.63, 3.8) is 0 Å². The molecule has 0 bridgehead atoms. The van der Waals surface area contributed by atoms with Crippen LogP contribution in [0, 0.1) is 11.3 Å². The van der Waals surface area contributed by atoms with E-state index in [-0.39, 0.29) is 54.8 Å². The molecule has 3 rings (SSSR count). The van der Waals surface area contributed by atoms with Crippen molar-refractivity contribution in [3.05, 3.63) is 65.2 Å². The number of nitrogens with one attached hydrogen (secondary N) is 4. The first-order chi connectivity index (χ1) is 15.9. The molecule has 1 amide bonds. The highest BCUT2D eigenvalue weighted by Crippen LogP contribution is 2.21. The zero-order valence-corrected chi connectivity index (χ0v) is 21.3. The number of ether oxygens (including phenoxy) is 1. The van der Waals surface area contributed by atoms with E-state index >= 15 is 0 Å². The van der Waals surface area contributed by atoms with Gasteiger partial charge in [0.15, 0.2) is 5.78 Å². The lowest BCUT2D eigenvalue weighted by Crippen LogP contribution is -2.42. The molecule has 0 saturated carbocycles. The summed E-state index contributed by atoms with van der Waals surface area (Å²) in [6.45, 7) is 0.698. The van der Waals surface area contributed by atoms with Crippen LogP contribution in [-0.4, -0.2) is 50.4 Å². The highest BCUT2D eigenvalue weighted by molar-refractivity contribution is 5.95. The number of nitrogens with two attached hydrogens (primary N) is 1.